The zero-order valence-electron chi connectivity index (χ0n) is 11.5. The van der Waals surface area contributed by atoms with Gasteiger partial charge >= 0.3 is 0 Å². The highest BCUT2D eigenvalue weighted by Crippen LogP contribution is 2.29. The van der Waals surface area contributed by atoms with Crippen molar-refractivity contribution in [2.45, 2.75) is 25.7 Å². The average Bonchev–Trinajstić information content (AvgIpc) is 2.94. The van der Waals surface area contributed by atoms with Crippen LogP contribution in [0.2, 0.25) is 0 Å². The number of nitrogens with zero attached hydrogens (tertiary/aromatic N) is 3. The van der Waals surface area contributed by atoms with Crippen LogP contribution in [0.1, 0.15) is 39.1 Å². The number of rotatable bonds is 2. The largest absolute Gasteiger partial charge is 0.338 e. The molecule has 20 heavy (non-hydrogen) atoms. The molecule has 1 aliphatic heterocycles. The summed E-state index contributed by atoms with van der Waals surface area (Å²) in [5.41, 5.74) is 0.765. The summed E-state index contributed by atoms with van der Waals surface area (Å²) in [6, 6.07) is 9.49. The third-order valence-electron chi connectivity index (χ3n) is 3.62. The first-order valence-corrected chi connectivity index (χ1v) is 7.70. The van der Waals surface area contributed by atoms with E-state index in [1.165, 1.54) is 0 Å². The minimum absolute atomic E-state index is 0.122. The number of aryl methyl sites for hydroxylation is 1. The van der Waals surface area contributed by atoms with Gasteiger partial charge in [-0.1, -0.05) is 18.2 Å². The van der Waals surface area contributed by atoms with Gasteiger partial charge < -0.3 is 4.90 Å². The molecule has 0 saturated carbocycles. The van der Waals surface area contributed by atoms with Gasteiger partial charge in [0, 0.05) is 24.6 Å². The van der Waals surface area contributed by atoms with Crippen LogP contribution in [0.3, 0.4) is 0 Å². The van der Waals surface area contributed by atoms with Crippen molar-refractivity contribution >= 4 is 17.2 Å². The summed E-state index contributed by atoms with van der Waals surface area (Å²) in [4.78, 5) is 14.4. The van der Waals surface area contributed by atoms with Crippen molar-refractivity contribution in [3.63, 3.8) is 0 Å². The molecule has 1 fully saturated rings. The Bertz CT molecular complexity index is 596. The quantitative estimate of drug-likeness (QED) is 0.853. The fourth-order valence-corrected chi connectivity index (χ4v) is 3.43. The minimum Gasteiger partial charge on any atom is -0.338 e. The van der Waals surface area contributed by atoms with Crippen molar-refractivity contribution in [3.05, 3.63) is 45.9 Å². The highest BCUT2D eigenvalue weighted by atomic mass is 32.1. The number of carbonyl (C=O) groups excluding carboxylic acids is 1. The molecule has 1 saturated heterocycles. The smallest absolute Gasteiger partial charge is 0.253 e. The lowest BCUT2D eigenvalue weighted by atomic mass is 9.98. The van der Waals surface area contributed by atoms with E-state index < -0.39 is 0 Å². The molecule has 1 unspecified atom stereocenters. The monoisotopic (exact) mass is 287 g/mol. The Hall–Kier alpha value is -1.75. The fraction of sp³-hybridized carbons (Fsp3) is 0.400. The number of aromatic nitrogens is 2. The standard InChI is InChI=1S/C15H17N3OS/c1-11-16-17-14(20-11)13-8-5-9-18(10-13)15(19)12-6-3-2-4-7-12/h2-4,6-7,13H,5,8-10H2,1H3. The van der Waals surface area contributed by atoms with Gasteiger partial charge in [-0.3, -0.25) is 4.79 Å². The van der Waals surface area contributed by atoms with E-state index in [4.69, 9.17) is 0 Å². The molecule has 1 atom stereocenters. The number of likely N-dealkylation sites (tertiary alicyclic amines) is 1. The summed E-state index contributed by atoms with van der Waals surface area (Å²) < 4.78 is 0. The molecule has 0 radical (unpaired) electrons. The summed E-state index contributed by atoms with van der Waals surface area (Å²) in [5.74, 6) is 0.458. The first-order valence-electron chi connectivity index (χ1n) is 6.88. The van der Waals surface area contributed by atoms with Gasteiger partial charge in [-0.2, -0.15) is 0 Å². The van der Waals surface area contributed by atoms with Crippen molar-refractivity contribution < 1.29 is 4.79 Å². The summed E-state index contributed by atoms with van der Waals surface area (Å²) in [6.45, 7) is 3.56. The molecule has 3 rings (SSSR count). The van der Waals surface area contributed by atoms with Crippen LogP contribution >= 0.6 is 11.3 Å². The molecule has 0 bridgehead atoms. The fourth-order valence-electron chi connectivity index (χ4n) is 2.60. The summed E-state index contributed by atoms with van der Waals surface area (Å²) in [6.07, 6.45) is 2.12. The van der Waals surface area contributed by atoms with E-state index in [-0.39, 0.29) is 5.91 Å². The van der Waals surface area contributed by atoms with E-state index in [1.807, 2.05) is 42.2 Å². The second kappa shape index (κ2) is 5.71. The number of hydrogen-bond donors (Lipinski definition) is 0. The second-order valence-corrected chi connectivity index (χ2v) is 6.33. The van der Waals surface area contributed by atoms with Crippen molar-refractivity contribution in [3.8, 4) is 0 Å². The zero-order valence-corrected chi connectivity index (χ0v) is 12.3. The molecule has 1 aromatic heterocycles. The zero-order chi connectivity index (χ0) is 13.9. The van der Waals surface area contributed by atoms with E-state index in [9.17, 15) is 4.79 Å². The van der Waals surface area contributed by atoms with Gasteiger partial charge in [0.25, 0.3) is 5.91 Å². The average molecular weight is 287 g/mol. The van der Waals surface area contributed by atoms with Gasteiger partial charge in [0.1, 0.15) is 10.0 Å². The molecular formula is C15H17N3OS. The van der Waals surface area contributed by atoms with E-state index in [2.05, 4.69) is 10.2 Å². The first kappa shape index (κ1) is 13.2. The lowest BCUT2D eigenvalue weighted by molar-refractivity contribution is 0.0707. The summed E-state index contributed by atoms with van der Waals surface area (Å²) in [5, 5.41) is 10.4. The van der Waals surface area contributed by atoms with Gasteiger partial charge in [-0.25, -0.2) is 0 Å². The highest BCUT2D eigenvalue weighted by Gasteiger charge is 2.27. The third-order valence-corrected chi connectivity index (χ3v) is 4.62. The van der Waals surface area contributed by atoms with Gasteiger partial charge in [-0.05, 0) is 31.9 Å². The molecule has 4 nitrogen and oxygen atoms in total. The van der Waals surface area contributed by atoms with Gasteiger partial charge in [0.2, 0.25) is 0 Å². The van der Waals surface area contributed by atoms with Crippen LogP contribution in [0.4, 0.5) is 0 Å². The molecular weight excluding hydrogens is 270 g/mol. The lowest BCUT2D eigenvalue weighted by Gasteiger charge is -2.31. The van der Waals surface area contributed by atoms with E-state index in [0.717, 1.165) is 41.5 Å². The molecule has 0 spiro atoms. The van der Waals surface area contributed by atoms with Crippen molar-refractivity contribution in [2.75, 3.05) is 13.1 Å². The number of hydrogen-bond acceptors (Lipinski definition) is 4. The highest BCUT2D eigenvalue weighted by molar-refractivity contribution is 7.11. The molecule has 2 heterocycles. The van der Waals surface area contributed by atoms with Crippen molar-refractivity contribution in [1.82, 2.24) is 15.1 Å². The van der Waals surface area contributed by atoms with Crippen molar-refractivity contribution in [2.24, 2.45) is 0 Å². The van der Waals surface area contributed by atoms with Crippen LogP contribution in [0.25, 0.3) is 0 Å². The molecule has 104 valence electrons. The number of amides is 1. The van der Waals surface area contributed by atoms with Crippen LogP contribution < -0.4 is 0 Å². The maximum atomic E-state index is 12.5. The first-order chi connectivity index (χ1) is 9.74. The number of carbonyl (C=O) groups is 1. The number of benzene rings is 1. The molecule has 2 aromatic rings. The molecule has 5 heteroatoms. The van der Waals surface area contributed by atoms with Gasteiger partial charge in [0.05, 0.1) is 0 Å². The Kier molecular flexibility index (Phi) is 3.78. The molecule has 0 aliphatic carbocycles. The third kappa shape index (κ3) is 2.72. The lowest BCUT2D eigenvalue weighted by Crippen LogP contribution is -2.39. The Labute approximate surface area is 122 Å². The summed E-state index contributed by atoms with van der Waals surface area (Å²) >= 11 is 1.64. The van der Waals surface area contributed by atoms with Gasteiger partial charge in [-0.15, -0.1) is 21.5 Å². The van der Waals surface area contributed by atoms with Crippen LogP contribution in [0.5, 0.6) is 0 Å². The number of piperidine rings is 1. The maximum absolute atomic E-state index is 12.5. The van der Waals surface area contributed by atoms with Gasteiger partial charge in [0.15, 0.2) is 0 Å². The maximum Gasteiger partial charge on any atom is 0.253 e. The topological polar surface area (TPSA) is 46.1 Å². The molecule has 0 N–H and O–H groups in total. The van der Waals surface area contributed by atoms with Crippen LogP contribution in [0, 0.1) is 6.92 Å². The SMILES string of the molecule is Cc1nnc(C2CCCN(C(=O)c3ccccc3)C2)s1. The Morgan fingerprint density at radius 1 is 1.30 bits per heavy atom. The molecule has 1 aliphatic rings. The van der Waals surface area contributed by atoms with Crippen LogP contribution in [-0.2, 0) is 0 Å². The summed E-state index contributed by atoms with van der Waals surface area (Å²) in [7, 11) is 0. The Morgan fingerprint density at radius 2 is 2.10 bits per heavy atom. The molecule has 1 aromatic carbocycles. The van der Waals surface area contributed by atoms with Crippen LogP contribution in [0.15, 0.2) is 30.3 Å². The van der Waals surface area contributed by atoms with Crippen LogP contribution in [-0.4, -0.2) is 34.1 Å². The second-order valence-electron chi connectivity index (χ2n) is 5.12. The van der Waals surface area contributed by atoms with E-state index >= 15 is 0 Å². The predicted octanol–water partition coefficient (Wildman–Crippen LogP) is 2.87. The normalized spacial score (nSPS) is 19.1. The van der Waals surface area contributed by atoms with E-state index in [0.29, 0.717) is 5.92 Å². The van der Waals surface area contributed by atoms with E-state index in [1.54, 1.807) is 11.3 Å². The Balaban J connectivity index is 1.74. The molecule has 1 amide bonds. The predicted molar refractivity (Wildman–Crippen MR) is 79.0 cm³/mol. The van der Waals surface area contributed by atoms with Crippen molar-refractivity contribution in [1.29, 1.82) is 0 Å². The Morgan fingerprint density at radius 3 is 2.80 bits per heavy atom. The minimum atomic E-state index is 0.122.